The first kappa shape index (κ1) is 15.0. The molecule has 3 nitrogen and oxygen atoms in total. The molecule has 0 amide bonds. The molecular weight excluding hydrogens is 272 g/mol. The lowest BCUT2D eigenvalue weighted by molar-refractivity contribution is 0.481. The van der Waals surface area contributed by atoms with Crippen LogP contribution < -0.4 is 0 Å². The van der Waals surface area contributed by atoms with Crippen LogP contribution in [0.5, 0.6) is 0 Å². The Morgan fingerprint density at radius 3 is 2.30 bits per heavy atom. The Labute approximate surface area is 120 Å². The monoisotopic (exact) mass is 292 g/mol. The standard InChI is InChI=1S/C16H20O3S/c1-3-7-13-11-12-9-5-6-10-14(12)15(8-4-2)16(13)20(17,18)19/h5-6,9-11H,3-4,7-8H2,1-2H3,(H,17,18,19). The summed E-state index contributed by atoms with van der Waals surface area (Å²) in [5.41, 5.74) is 1.47. The van der Waals surface area contributed by atoms with Crippen LogP contribution in [0, 0.1) is 0 Å². The van der Waals surface area contributed by atoms with Gasteiger partial charge in [-0.2, -0.15) is 8.42 Å². The second-order valence-electron chi connectivity index (χ2n) is 5.04. The summed E-state index contributed by atoms with van der Waals surface area (Å²) in [7, 11) is -4.20. The molecule has 20 heavy (non-hydrogen) atoms. The third-order valence-corrected chi connectivity index (χ3v) is 4.48. The van der Waals surface area contributed by atoms with Gasteiger partial charge in [0, 0.05) is 0 Å². The quantitative estimate of drug-likeness (QED) is 0.848. The lowest BCUT2D eigenvalue weighted by Gasteiger charge is -2.15. The van der Waals surface area contributed by atoms with Gasteiger partial charge >= 0.3 is 0 Å². The van der Waals surface area contributed by atoms with Crippen LogP contribution in [0.2, 0.25) is 0 Å². The van der Waals surface area contributed by atoms with E-state index < -0.39 is 10.1 Å². The van der Waals surface area contributed by atoms with Gasteiger partial charge < -0.3 is 0 Å². The van der Waals surface area contributed by atoms with E-state index in [0.717, 1.165) is 34.7 Å². The molecule has 0 radical (unpaired) electrons. The lowest BCUT2D eigenvalue weighted by atomic mass is 9.96. The van der Waals surface area contributed by atoms with Crippen molar-refractivity contribution in [2.75, 3.05) is 0 Å². The van der Waals surface area contributed by atoms with E-state index in [0.29, 0.717) is 12.8 Å². The summed E-state index contributed by atoms with van der Waals surface area (Å²) in [6.07, 6.45) is 2.97. The predicted octanol–water partition coefficient (Wildman–Crippen LogP) is 3.99. The number of hydrogen-bond acceptors (Lipinski definition) is 2. The third kappa shape index (κ3) is 2.86. The molecule has 0 heterocycles. The molecule has 108 valence electrons. The van der Waals surface area contributed by atoms with Gasteiger partial charge in [-0.1, -0.05) is 51.0 Å². The van der Waals surface area contributed by atoms with E-state index in [1.807, 2.05) is 44.2 Å². The SMILES string of the molecule is CCCc1cc2ccccc2c(CCC)c1S(=O)(=O)O. The molecule has 0 saturated carbocycles. The van der Waals surface area contributed by atoms with Crippen LogP contribution >= 0.6 is 0 Å². The Balaban J connectivity index is 2.89. The molecule has 0 aromatic heterocycles. The van der Waals surface area contributed by atoms with Gasteiger partial charge in [-0.25, -0.2) is 0 Å². The Morgan fingerprint density at radius 2 is 1.70 bits per heavy atom. The molecule has 4 heteroatoms. The molecule has 0 aliphatic heterocycles. The molecule has 0 atom stereocenters. The number of rotatable bonds is 5. The summed E-state index contributed by atoms with van der Waals surface area (Å²) in [4.78, 5) is 0.125. The largest absolute Gasteiger partial charge is 0.295 e. The van der Waals surface area contributed by atoms with Gasteiger partial charge in [0.2, 0.25) is 0 Å². The van der Waals surface area contributed by atoms with Gasteiger partial charge in [-0.15, -0.1) is 0 Å². The maximum Gasteiger partial charge on any atom is 0.295 e. The molecular formula is C16H20O3S. The predicted molar refractivity (Wildman–Crippen MR) is 81.8 cm³/mol. The van der Waals surface area contributed by atoms with Crippen LogP contribution in [0.15, 0.2) is 35.2 Å². The van der Waals surface area contributed by atoms with Gasteiger partial charge in [-0.3, -0.25) is 4.55 Å². The van der Waals surface area contributed by atoms with Gasteiger partial charge in [0.25, 0.3) is 10.1 Å². The molecule has 0 aliphatic rings. The summed E-state index contributed by atoms with van der Waals surface area (Å²) in [5, 5.41) is 1.95. The molecule has 0 saturated heterocycles. The van der Waals surface area contributed by atoms with Crippen LogP contribution in [-0.4, -0.2) is 13.0 Å². The number of aryl methyl sites for hydroxylation is 2. The van der Waals surface area contributed by atoms with E-state index in [-0.39, 0.29) is 4.90 Å². The molecule has 1 N–H and O–H groups in total. The van der Waals surface area contributed by atoms with Gasteiger partial charge in [0.1, 0.15) is 4.90 Å². The lowest BCUT2D eigenvalue weighted by Crippen LogP contribution is -2.08. The van der Waals surface area contributed by atoms with Gasteiger partial charge in [0.15, 0.2) is 0 Å². The van der Waals surface area contributed by atoms with Crippen molar-refractivity contribution >= 4 is 20.9 Å². The molecule has 0 unspecified atom stereocenters. The minimum Gasteiger partial charge on any atom is -0.282 e. The van der Waals surface area contributed by atoms with Crippen LogP contribution in [0.1, 0.15) is 37.8 Å². The van der Waals surface area contributed by atoms with E-state index >= 15 is 0 Å². The van der Waals surface area contributed by atoms with Gasteiger partial charge in [0.05, 0.1) is 0 Å². The Morgan fingerprint density at radius 1 is 1.05 bits per heavy atom. The fourth-order valence-corrected chi connectivity index (χ4v) is 3.76. The Hall–Kier alpha value is -1.39. The fraction of sp³-hybridized carbons (Fsp3) is 0.375. The maximum absolute atomic E-state index is 11.8. The number of fused-ring (bicyclic) bond motifs is 1. The van der Waals surface area contributed by atoms with Crippen LogP contribution in [-0.2, 0) is 23.0 Å². The Bertz CT molecular complexity index is 718. The summed E-state index contributed by atoms with van der Waals surface area (Å²) in [5.74, 6) is 0. The molecule has 2 aromatic carbocycles. The van der Waals surface area contributed by atoms with E-state index in [1.165, 1.54) is 0 Å². The maximum atomic E-state index is 11.8. The highest BCUT2D eigenvalue weighted by Crippen LogP contribution is 2.31. The van der Waals surface area contributed by atoms with Crippen molar-refractivity contribution in [3.8, 4) is 0 Å². The Kier molecular flexibility index (Phi) is 4.45. The molecule has 0 aliphatic carbocycles. The summed E-state index contributed by atoms with van der Waals surface area (Å²) in [6, 6.07) is 9.64. The highest BCUT2D eigenvalue weighted by molar-refractivity contribution is 7.86. The first-order chi connectivity index (χ1) is 9.49. The zero-order chi connectivity index (χ0) is 14.8. The second-order valence-corrected chi connectivity index (χ2v) is 6.40. The smallest absolute Gasteiger partial charge is 0.282 e. The second kappa shape index (κ2) is 5.94. The van der Waals surface area contributed by atoms with Gasteiger partial charge in [-0.05, 0) is 40.8 Å². The van der Waals surface area contributed by atoms with Crippen molar-refractivity contribution in [1.82, 2.24) is 0 Å². The number of hydrogen-bond donors (Lipinski definition) is 1. The van der Waals surface area contributed by atoms with Crippen molar-refractivity contribution < 1.29 is 13.0 Å². The van der Waals surface area contributed by atoms with Crippen LogP contribution in [0.3, 0.4) is 0 Å². The zero-order valence-corrected chi connectivity index (χ0v) is 12.7. The van der Waals surface area contributed by atoms with Crippen molar-refractivity contribution in [1.29, 1.82) is 0 Å². The first-order valence-electron chi connectivity index (χ1n) is 7.00. The van der Waals surface area contributed by atoms with Crippen molar-refractivity contribution in [3.05, 3.63) is 41.5 Å². The average Bonchev–Trinajstić information content (AvgIpc) is 2.38. The van der Waals surface area contributed by atoms with Crippen molar-refractivity contribution in [3.63, 3.8) is 0 Å². The summed E-state index contributed by atoms with van der Waals surface area (Å²) in [6.45, 7) is 4.01. The van der Waals surface area contributed by atoms with E-state index in [1.54, 1.807) is 0 Å². The van der Waals surface area contributed by atoms with Crippen LogP contribution in [0.4, 0.5) is 0 Å². The zero-order valence-electron chi connectivity index (χ0n) is 11.9. The summed E-state index contributed by atoms with van der Waals surface area (Å²) >= 11 is 0. The van der Waals surface area contributed by atoms with Crippen molar-refractivity contribution in [2.45, 2.75) is 44.4 Å². The molecule has 0 bridgehead atoms. The van der Waals surface area contributed by atoms with Crippen molar-refractivity contribution in [2.24, 2.45) is 0 Å². The van der Waals surface area contributed by atoms with E-state index in [9.17, 15) is 13.0 Å². The molecule has 0 fully saturated rings. The minimum atomic E-state index is -4.20. The molecule has 0 spiro atoms. The number of benzene rings is 2. The topological polar surface area (TPSA) is 54.4 Å². The summed E-state index contributed by atoms with van der Waals surface area (Å²) < 4.78 is 33.3. The highest BCUT2D eigenvalue weighted by atomic mass is 32.2. The van der Waals surface area contributed by atoms with Crippen LogP contribution in [0.25, 0.3) is 10.8 Å². The fourth-order valence-electron chi connectivity index (χ4n) is 2.74. The normalized spacial score (nSPS) is 11.9. The third-order valence-electron chi connectivity index (χ3n) is 3.46. The molecule has 2 aromatic rings. The average molecular weight is 292 g/mol. The minimum absolute atomic E-state index is 0.125. The first-order valence-corrected chi connectivity index (χ1v) is 8.44. The van der Waals surface area contributed by atoms with E-state index in [2.05, 4.69) is 0 Å². The highest BCUT2D eigenvalue weighted by Gasteiger charge is 2.22. The molecule has 2 rings (SSSR count). The van der Waals surface area contributed by atoms with E-state index in [4.69, 9.17) is 0 Å².